The first kappa shape index (κ1) is 22.4. The van der Waals surface area contributed by atoms with E-state index in [1.54, 1.807) is 17.8 Å². The fourth-order valence-corrected chi connectivity index (χ4v) is 6.33. The van der Waals surface area contributed by atoms with Gasteiger partial charge in [-0.3, -0.25) is 0 Å². The zero-order valence-electron chi connectivity index (χ0n) is 18.5. The van der Waals surface area contributed by atoms with Crippen LogP contribution >= 0.6 is 23.1 Å². The van der Waals surface area contributed by atoms with Crippen LogP contribution in [0.3, 0.4) is 0 Å². The topological polar surface area (TPSA) is 82.8 Å². The summed E-state index contributed by atoms with van der Waals surface area (Å²) in [5, 5.41) is 18.5. The van der Waals surface area contributed by atoms with E-state index < -0.39 is 5.97 Å². The molecule has 0 spiro atoms. The molecule has 0 fully saturated rings. The average Bonchev–Trinajstić information content (AvgIpc) is 3.23. The van der Waals surface area contributed by atoms with Crippen molar-refractivity contribution in [2.24, 2.45) is 0 Å². The number of carboxylic acid groups (broad SMARTS) is 1. The zero-order valence-corrected chi connectivity index (χ0v) is 20.2. The normalized spacial score (nSPS) is 14.2. The zero-order chi connectivity index (χ0) is 23.7. The molecular formula is C26H22N2O4S2. The summed E-state index contributed by atoms with van der Waals surface area (Å²) in [5.41, 5.74) is 3.05. The third-order valence-corrected chi connectivity index (χ3v) is 7.94. The molecule has 3 heterocycles. The van der Waals surface area contributed by atoms with Crippen molar-refractivity contribution in [2.45, 2.75) is 29.6 Å². The molecule has 0 unspecified atom stereocenters. The van der Waals surface area contributed by atoms with Crippen LogP contribution in [0, 0.1) is 11.3 Å². The van der Waals surface area contributed by atoms with Gasteiger partial charge in [0, 0.05) is 16.3 Å². The molecule has 2 aliphatic heterocycles. The summed E-state index contributed by atoms with van der Waals surface area (Å²) in [6.45, 7) is 3.95. The highest BCUT2D eigenvalue weighted by Gasteiger charge is 2.28. The van der Waals surface area contributed by atoms with Gasteiger partial charge in [-0.1, -0.05) is 43.3 Å². The smallest absolute Gasteiger partial charge is 0.346 e. The lowest BCUT2D eigenvalue weighted by Gasteiger charge is -2.33. The van der Waals surface area contributed by atoms with Crippen LogP contribution in [0.2, 0.25) is 0 Å². The van der Waals surface area contributed by atoms with Gasteiger partial charge in [0.25, 0.3) is 0 Å². The van der Waals surface area contributed by atoms with Gasteiger partial charge in [-0.05, 0) is 42.3 Å². The Bertz CT molecular complexity index is 1340. The third-order valence-electron chi connectivity index (χ3n) is 5.67. The number of carboxylic acids is 1. The van der Waals surface area contributed by atoms with Gasteiger partial charge in [-0.2, -0.15) is 5.26 Å². The molecule has 0 atom stereocenters. The molecular weight excluding hydrogens is 468 g/mol. The van der Waals surface area contributed by atoms with Crippen molar-refractivity contribution < 1.29 is 19.4 Å². The van der Waals surface area contributed by atoms with Crippen LogP contribution in [0.25, 0.3) is 16.5 Å². The Balaban J connectivity index is 1.59. The maximum Gasteiger partial charge on any atom is 0.346 e. The first-order valence-corrected chi connectivity index (χ1v) is 12.7. The van der Waals surface area contributed by atoms with Crippen LogP contribution in [-0.2, 0) is 4.79 Å². The number of thiophene rings is 1. The number of para-hydroxylation sites is 1. The molecule has 34 heavy (non-hydrogen) atoms. The summed E-state index contributed by atoms with van der Waals surface area (Å²) >= 11 is 3.13. The number of unbranched alkanes of at least 4 members (excludes halogenated alkanes) is 1. The molecule has 3 aromatic rings. The lowest BCUT2D eigenvalue weighted by molar-refractivity contribution is -0.132. The first-order valence-electron chi connectivity index (χ1n) is 11.1. The maximum absolute atomic E-state index is 11.4. The average molecular weight is 491 g/mol. The highest BCUT2D eigenvalue weighted by molar-refractivity contribution is 7.99. The van der Waals surface area contributed by atoms with Crippen molar-refractivity contribution in [2.75, 3.05) is 24.7 Å². The van der Waals surface area contributed by atoms with E-state index in [-0.39, 0.29) is 5.57 Å². The van der Waals surface area contributed by atoms with Crippen LogP contribution in [-0.4, -0.2) is 30.8 Å². The maximum atomic E-state index is 11.4. The fourth-order valence-electron chi connectivity index (χ4n) is 4.06. The SMILES string of the molecule is CCCCN1c2ccccc2Sc2cc(-c3sc(/C=C(\C#N)C(=O)O)c4c3OCCO4)ccc21. The van der Waals surface area contributed by atoms with Crippen molar-refractivity contribution in [3.05, 3.63) is 52.9 Å². The second-order valence-electron chi connectivity index (χ2n) is 7.88. The number of anilines is 2. The van der Waals surface area contributed by atoms with Crippen LogP contribution in [0.4, 0.5) is 11.4 Å². The van der Waals surface area contributed by atoms with E-state index in [0.29, 0.717) is 29.6 Å². The molecule has 0 saturated carbocycles. The van der Waals surface area contributed by atoms with Gasteiger partial charge in [-0.15, -0.1) is 11.3 Å². The second kappa shape index (κ2) is 9.45. The molecule has 2 aliphatic rings. The molecule has 1 N–H and O–H groups in total. The molecule has 0 amide bonds. The Hall–Kier alpha value is -3.41. The van der Waals surface area contributed by atoms with Gasteiger partial charge in [0.05, 0.1) is 21.1 Å². The minimum Gasteiger partial charge on any atom is -0.485 e. The number of nitriles is 1. The largest absolute Gasteiger partial charge is 0.485 e. The van der Waals surface area contributed by atoms with Crippen LogP contribution < -0.4 is 14.4 Å². The third kappa shape index (κ3) is 4.02. The Labute approximate surface area is 206 Å². The van der Waals surface area contributed by atoms with Crippen molar-refractivity contribution >= 4 is 46.5 Å². The highest BCUT2D eigenvalue weighted by Crippen LogP contribution is 2.53. The van der Waals surface area contributed by atoms with Crippen LogP contribution in [0.15, 0.2) is 57.8 Å². The second-order valence-corrected chi connectivity index (χ2v) is 10.0. The van der Waals surface area contributed by atoms with E-state index in [1.807, 2.05) is 0 Å². The van der Waals surface area contributed by atoms with E-state index in [0.717, 1.165) is 34.7 Å². The molecule has 6 nitrogen and oxygen atoms in total. The summed E-state index contributed by atoms with van der Waals surface area (Å²) in [5.74, 6) is -0.159. The predicted molar refractivity (Wildman–Crippen MR) is 134 cm³/mol. The quantitative estimate of drug-likeness (QED) is 0.309. The molecule has 0 radical (unpaired) electrons. The Kier molecular flexibility index (Phi) is 6.22. The van der Waals surface area contributed by atoms with Crippen molar-refractivity contribution in [3.63, 3.8) is 0 Å². The van der Waals surface area contributed by atoms with Gasteiger partial charge in [0.15, 0.2) is 11.5 Å². The van der Waals surface area contributed by atoms with Gasteiger partial charge in [0.1, 0.15) is 24.9 Å². The number of hydrogen-bond acceptors (Lipinski definition) is 7. The summed E-state index contributed by atoms with van der Waals surface area (Å²) in [7, 11) is 0. The van der Waals surface area contributed by atoms with Crippen molar-refractivity contribution in [1.82, 2.24) is 0 Å². The Morgan fingerprint density at radius 1 is 1.15 bits per heavy atom. The summed E-state index contributed by atoms with van der Waals surface area (Å²) < 4.78 is 11.8. The van der Waals surface area contributed by atoms with E-state index in [1.165, 1.54) is 33.7 Å². The number of carbonyl (C=O) groups is 1. The lowest BCUT2D eigenvalue weighted by atomic mass is 10.1. The summed E-state index contributed by atoms with van der Waals surface area (Å²) in [6, 6.07) is 16.6. The molecule has 2 aromatic carbocycles. The molecule has 172 valence electrons. The molecule has 1 aromatic heterocycles. The standard InChI is InChI=1S/C26H22N2O4S2/c1-2-3-10-28-18-6-4-5-7-20(18)33-21-13-16(8-9-19(21)28)25-24-23(31-11-12-32-24)22(34-25)14-17(15-27)26(29)30/h4-9,13-14H,2-3,10-12H2,1H3,(H,29,30)/b17-14+. The molecule has 8 heteroatoms. The first-order chi connectivity index (χ1) is 16.6. The summed E-state index contributed by atoms with van der Waals surface area (Å²) in [4.78, 5) is 17.6. The molecule has 0 bridgehead atoms. The van der Waals surface area contributed by atoms with Gasteiger partial charge < -0.3 is 19.5 Å². The number of fused-ring (bicyclic) bond motifs is 3. The Morgan fingerprint density at radius 3 is 2.68 bits per heavy atom. The minimum absolute atomic E-state index is 0.339. The highest BCUT2D eigenvalue weighted by atomic mass is 32.2. The van der Waals surface area contributed by atoms with Gasteiger partial charge in [-0.25, -0.2) is 4.79 Å². The molecule has 5 rings (SSSR count). The van der Waals surface area contributed by atoms with E-state index >= 15 is 0 Å². The van der Waals surface area contributed by atoms with Crippen LogP contribution in [0.1, 0.15) is 24.6 Å². The number of aliphatic carboxylic acids is 1. The van der Waals surface area contributed by atoms with Crippen molar-refractivity contribution in [3.8, 4) is 28.0 Å². The van der Waals surface area contributed by atoms with Crippen molar-refractivity contribution in [1.29, 1.82) is 5.26 Å². The minimum atomic E-state index is -1.26. The van der Waals surface area contributed by atoms with E-state index in [4.69, 9.17) is 9.47 Å². The lowest BCUT2D eigenvalue weighted by Crippen LogP contribution is -2.21. The number of benzene rings is 2. The number of rotatable bonds is 6. The monoisotopic (exact) mass is 490 g/mol. The van der Waals surface area contributed by atoms with Gasteiger partial charge in [0.2, 0.25) is 0 Å². The van der Waals surface area contributed by atoms with E-state index in [2.05, 4.69) is 54.3 Å². The number of ether oxygens (including phenoxy) is 2. The number of hydrogen-bond donors (Lipinski definition) is 1. The number of nitrogens with zero attached hydrogens (tertiary/aromatic N) is 2. The van der Waals surface area contributed by atoms with Gasteiger partial charge >= 0.3 is 5.97 Å². The summed E-state index contributed by atoms with van der Waals surface area (Å²) in [6.07, 6.45) is 3.58. The predicted octanol–water partition coefficient (Wildman–Crippen LogP) is 6.58. The molecule has 0 aliphatic carbocycles. The fraction of sp³-hybridized carbons (Fsp3) is 0.231. The van der Waals surface area contributed by atoms with Crippen LogP contribution in [0.5, 0.6) is 11.5 Å². The van der Waals surface area contributed by atoms with E-state index in [9.17, 15) is 15.2 Å². The molecule has 0 saturated heterocycles. The Morgan fingerprint density at radius 2 is 1.91 bits per heavy atom.